The summed E-state index contributed by atoms with van der Waals surface area (Å²) >= 11 is 0. The average Bonchev–Trinajstić information content (AvgIpc) is 3.16. The van der Waals surface area contributed by atoms with E-state index in [2.05, 4.69) is 26.7 Å². The number of sulfonamides is 1. The van der Waals surface area contributed by atoms with Gasteiger partial charge < -0.3 is 14.4 Å². The van der Waals surface area contributed by atoms with Crippen molar-refractivity contribution in [2.45, 2.75) is 43.5 Å². The Morgan fingerprint density at radius 1 is 1.15 bits per heavy atom. The number of aromatic nitrogens is 2. The Hall–Kier alpha value is -2.55. The summed E-state index contributed by atoms with van der Waals surface area (Å²) in [6.07, 6.45) is 4.57. The Balaban J connectivity index is 1.51. The van der Waals surface area contributed by atoms with Crippen LogP contribution in [0.1, 0.15) is 32.6 Å². The number of rotatable bonds is 5. The molecular formula is C18H22N4O4S. The van der Waals surface area contributed by atoms with E-state index in [1.165, 1.54) is 18.6 Å². The molecule has 3 heterocycles. The standard InChI is InChI=1S/C18H22N4O4S/c1-2-13-5-3-4-10-22(13)18-9-8-17(19-20-18)21-27(23,24)14-6-7-15-16(11-14)26-12-25-15/h6-9,11,13H,2-5,10,12H2,1H3,(H,19,21). The average molecular weight is 390 g/mol. The van der Waals surface area contributed by atoms with Gasteiger partial charge in [0.05, 0.1) is 4.90 Å². The van der Waals surface area contributed by atoms with E-state index in [1.54, 1.807) is 12.1 Å². The van der Waals surface area contributed by atoms with Gasteiger partial charge in [-0.05, 0) is 49.9 Å². The second kappa shape index (κ2) is 7.22. The van der Waals surface area contributed by atoms with Crippen molar-refractivity contribution in [1.82, 2.24) is 10.2 Å². The Morgan fingerprint density at radius 2 is 2.00 bits per heavy atom. The van der Waals surface area contributed by atoms with E-state index >= 15 is 0 Å². The van der Waals surface area contributed by atoms with Gasteiger partial charge >= 0.3 is 0 Å². The van der Waals surface area contributed by atoms with Crippen molar-refractivity contribution in [3.63, 3.8) is 0 Å². The molecule has 0 aliphatic carbocycles. The fourth-order valence-electron chi connectivity index (χ4n) is 3.50. The maximum absolute atomic E-state index is 12.6. The van der Waals surface area contributed by atoms with Crippen LogP contribution in [-0.2, 0) is 10.0 Å². The third-order valence-corrected chi connectivity index (χ3v) is 6.29. The molecule has 9 heteroatoms. The first-order valence-electron chi connectivity index (χ1n) is 9.09. The number of fused-ring (bicyclic) bond motifs is 1. The number of nitrogens with zero attached hydrogens (tertiary/aromatic N) is 3. The molecule has 1 N–H and O–H groups in total. The first-order valence-corrected chi connectivity index (χ1v) is 10.6. The number of anilines is 2. The van der Waals surface area contributed by atoms with Crippen LogP contribution < -0.4 is 19.1 Å². The number of hydrogen-bond acceptors (Lipinski definition) is 7. The van der Waals surface area contributed by atoms with Crippen molar-refractivity contribution >= 4 is 21.7 Å². The number of hydrogen-bond donors (Lipinski definition) is 1. The molecule has 2 aliphatic rings. The van der Waals surface area contributed by atoms with Crippen molar-refractivity contribution in [2.24, 2.45) is 0 Å². The van der Waals surface area contributed by atoms with Gasteiger partial charge in [0.25, 0.3) is 10.0 Å². The summed E-state index contributed by atoms with van der Waals surface area (Å²) in [5.74, 6) is 1.91. The van der Waals surface area contributed by atoms with Crippen LogP contribution in [0.3, 0.4) is 0 Å². The third-order valence-electron chi connectivity index (χ3n) is 4.94. The van der Waals surface area contributed by atoms with Crippen molar-refractivity contribution in [3.8, 4) is 11.5 Å². The van der Waals surface area contributed by atoms with Crippen LogP contribution in [0.4, 0.5) is 11.6 Å². The molecule has 4 rings (SSSR count). The molecule has 1 aromatic carbocycles. The molecule has 27 heavy (non-hydrogen) atoms. The van der Waals surface area contributed by atoms with Crippen molar-refractivity contribution < 1.29 is 17.9 Å². The van der Waals surface area contributed by atoms with Crippen molar-refractivity contribution in [3.05, 3.63) is 30.3 Å². The molecule has 144 valence electrons. The first kappa shape index (κ1) is 17.8. The molecule has 0 spiro atoms. The van der Waals surface area contributed by atoms with Crippen LogP contribution in [0.5, 0.6) is 11.5 Å². The van der Waals surface area contributed by atoms with Gasteiger partial charge in [0.1, 0.15) is 0 Å². The molecule has 1 aromatic heterocycles. The molecule has 1 unspecified atom stereocenters. The predicted molar refractivity (Wildman–Crippen MR) is 101 cm³/mol. The van der Waals surface area contributed by atoms with E-state index in [-0.39, 0.29) is 17.5 Å². The zero-order chi connectivity index (χ0) is 18.9. The Bertz CT molecular complexity index is 917. The number of piperidine rings is 1. The number of benzene rings is 1. The summed E-state index contributed by atoms with van der Waals surface area (Å²) in [7, 11) is -3.79. The zero-order valence-corrected chi connectivity index (χ0v) is 15.9. The number of ether oxygens (including phenoxy) is 2. The van der Waals surface area contributed by atoms with E-state index < -0.39 is 10.0 Å². The Kier molecular flexibility index (Phi) is 4.77. The highest BCUT2D eigenvalue weighted by atomic mass is 32.2. The highest BCUT2D eigenvalue weighted by molar-refractivity contribution is 7.92. The van der Waals surface area contributed by atoms with Gasteiger partial charge in [-0.25, -0.2) is 8.42 Å². The Morgan fingerprint density at radius 3 is 2.78 bits per heavy atom. The first-order chi connectivity index (χ1) is 13.1. The lowest BCUT2D eigenvalue weighted by Crippen LogP contribution is -2.39. The largest absolute Gasteiger partial charge is 0.454 e. The molecule has 0 bridgehead atoms. The second-order valence-electron chi connectivity index (χ2n) is 6.65. The summed E-state index contributed by atoms with van der Waals surface area (Å²) in [5.41, 5.74) is 0. The summed E-state index contributed by atoms with van der Waals surface area (Å²) < 4.78 is 38.1. The van der Waals surface area contributed by atoms with E-state index in [1.807, 2.05) is 6.07 Å². The Labute approximate surface area is 158 Å². The minimum absolute atomic E-state index is 0.0831. The zero-order valence-electron chi connectivity index (χ0n) is 15.1. The predicted octanol–water partition coefficient (Wildman–Crippen LogP) is 2.78. The van der Waals surface area contributed by atoms with Crippen LogP contribution in [0.25, 0.3) is 0 Å². The van der Waals surface area contributed by atoms with Gasteiger partial charge in [0.2, 0.25) is 6.79 Å². The van der Waals surface area contributed by atoms with E-state index in [0.29, 0.717) is 17.5 Å². The van der Waals surface area contributed by atoms with E-state index in [9.17, 15) is 8.42 Å². The van der Waals surface area contributed by atoms with Crippen LogP contribution >= 0.6 is 0 Å². The molecule has 2 aromatic rings. The molecule has 1 fully saturated rings. The topological polar surface area (TPSA) is 93.7 Å². The maximum atomic E-state index is 12.6. The van der Waals surface area contributed by atoms with Gasteiger partial charge in [0.15, 0.2) is 23.1 Å². The minimum atomic E-state index is -3.79. The lowest BCUT2D eigenvalue weighted by Gasteiger charge is -2.35. The molecular weight excluding hydrogens is 368 g/mol. The van der Waals surface area contributed by atoms with Gasteiger partial charge in [-0.3, -0.25) is 4.72 Å². The normalized spacial score (nSPS) is 19.1. The second-order valence-corrected chi connectivity index (χ2v) is 8.33. The fourth-order valence-corrected chi connectivity index (χ4v) is 4.51. The highest BCUT2D eigenvalue weighted by Crippen LogP contribution is 2.34. The van der Waals surface area contributed by atoms with Crippen LogP contribution in [-0.4, -0.2) is 38.0 Å². The summed E-state index contributed by atoms with van der Waals surface area (Å²) in [6, 6.07) is 8.41. The molecule has 0 saturated carbocycles. The van der Waals surface area contributed by atoms with Gasteiger partial charge in [-0.1, -0.05) is 6.92 Å². The summed E-state index contributed by atoms with van der Waals surface area (Å²) in [6.45, 7) is 3.22. The van der Waals surface area contributed by atoms with Crippen LogP contribution in [0, 0.1) is 0 Å². The monoisotopic (exact) mass is 390 g/mol. The highest BCUT2D eigenvalue weighted by Gasteiger charge is 2.23. The quantitative estimate of drug-likeness (QED) is 0.839. The molecule has 8 nitrogen and oxygen atoms in total. The minimum Gasteiger partial charge on any atom is -0.454 e. The molecule has 1 saturated heterocycles. The lowest BCUT2D eigenvalue weighted by molar-refractivity contribution is 0.174. The summed E-state index contributed by atoms with van der Waals surface area (Å²) in [4.78, 5) is 2.34. The SMILES string of the molecule is CCC1CCCCN1c1ccc(NS(=O)(=O)c2ccc3c(c2)OCO3)nn1. The van der Waals surface area contributed by atoms with Gasteiger partial charge in [-0.2, -0.15) is 0 Å². The molecule has 1 atom stereocenters. The smallest absolute Gasteiger partial charge is 0.263 e. The lowest BCUT2D eigenvalue weighted by atomic mass is 10.0. The maximum Gasteiger partial charge on any atom is 0.263 e. The number of nitrogens with one attached hydrogen (secondary N) is 1. The third kappa shape index (κ3) is 3.64. The van der Waals surface area contributed by atoms with Crippen LogP contribution in [0.2, 0.25) is 0 Å². The van der Waals surface area contributed by atoms with Crippen LogP contribution in [0.15, 0.2) is 35.2 Å². The van der Waals surface area contributed by atoms with Crippen molar-refractivity contribution in [1.29, 1.82) is 0 Å². The molecule has 2 aliphatic heterocycles. The summed E-state index contributed by atoms with van der Waals surface area (Å²) in [5, 5.41) is 8.31. The van der Waals surface area contributed by atoms with Crippen molar-refractivity contribution in [2.75, 3.05) is 23.0 Å². The molecule has 0 amide bonds. The molecule has 0 radical (unpaired) electrons. The van der Waals surface area contributed by atoms with Gasteiger partial charge in [-0.15, -0.1) is 10.2 Å². The van der Waals surface area contributed by atoms with E-state index in [4.69, 9.17) is 9.47 Å². The fraction of sp³-hybridized carbons (Fsp3) is 0.444. The van der Waals surface area contributed by atoms with E-state index in [0.717, 1.165) is 31.6 Å². The van der Waals surface area contributed by atoms with Gasteiger partial charge in [0, 0.05) is 18.7 Å².